The summed E-state index contributed by atoms with van der Waals surface area (Å²) in [5.74, 6) is -0.0635. The number of nitrogens with one attached hydrogen (secondary N) is 2. The van der Waals surface area contributed by atoms with Crippen LogP contribution in [0.15, 0.2) is 30.5 Å². The van der Waals surface area contributed by atoms with Gasteiger partial charge in [0, 0.05) is 17.6 Å². The number of aromatic nitrogens is 2. The van der Waals surface area contributed by atoms with Crippen LogP contribution >= 0.6 is 11.6 Å². The van der Waals surface area contributed by atoms with Crippen molar-refractivity contribution in [1.29, 1.82) is 0 Å². The number of nitrogens with zero attached hydrogens (tertiary/aromatic N) is 2. The number of carbonyl (C=O) groups is 1. The van der Waals surface area contributed by atoms with E-state index in [1.54, 1.807) is 10.9 Å². The lowest BCUT2D eigenvalue weighted by Gasteiger charge is -2.23. The van der Waals surface area contributed by atoms with E-state index in [-0.39, 0.29) is 11.9 Å². The van der Waals surface area contributed by atoms with E-state index in [1.165, 1.54) is 0 Å². The normalized spacial score (nSPS) is 18.2. The molecule has 1 aliphatic rings. The van der Waals surface area contributed by atoms with Crippen LogP contribution in [-0.2, 0) is 0 Å². The largest absolute Gasteiger partial charge is 0.348 e. The Hall–Kier alpha value is -1.85. The minimum absolute atomic E-state index is 0.0635. The van der Waals surface area contributed by atoms with Crippen molar-refractivity contribution in [2.24, 2.45) is 0 Å². The average molecular weight is 319 g/mol. The van der Waals surface area contributed by atoms with E-state index >= 15 is 0 Å². The van der Waals surface area contributed by atoms with Gasteiger partial charge in [0.1, 0.15) is 0 Å². The number of hydrogen-bond acceptors (Lipinski definition) is 3. The maximum absolute atomic E-state index is 12.4. The van der Waals surface area contributed by atoms with Crippen molar-refractivity contribution in [3.8, 4) is 5.69 Å². The number of carbonyl (C=O) groups excluding carboxylic acids is 1. The zero-order chi connectivity index (χ0) is 15.5. The molecule has 1 saturated heterocycles. The molecule has 0 aliphatic carbocycles. The standard InChI is InChI=1S/C16H19ClN4O/c1-11-15(16(22)20-13-3-2-8-18-9-13)10-19-21(11)14-6-4-12(17)5-7-14/h4-7,10,13,18H,2-3,8-9H2,1H3,(H,20,22)/t13-/m0/s1. The van der Waals surface area contributed by atoms with Gasteiger partial charge in [0.15, 0.2) is 0 Å². The molecule has 116 valence electrons. The topological polar surface area (TPSA) is 59.0 Å². The van der Waals surface area contributed by atoms with E-state index in [9.17, 15) is 4.79 Å². The molecule has 1 atom stereocenters. The fourth-order valence-corrected chi connectivity index (χ4v) is 2.84. The predicted molar refractivity (Wildman–Crippen MR) is 86.7 cm³/mol. The molecule has 1 aromatic carbocycles. The second-order valence-electron chi connectivity index (χ2n) is 5.55. The van der Waals surface area contributed by atoms with Crippen molar-refractivity contribution in [1.82, 2.24) is 20.4 Å². The lowest BCUT2D eigenvalue weighted by atomic mass is 10.1. The van der Waals surface area contributed by atoms with Crippen LogP contribution in [0.4, 0.5) is 0 Å². The van der Waals surface area contributed by atoms with Crippen LogP contribution in [0.5, 0.6) is 0 Å². The molecule has 22 heavy (non-hydrogen) atoms. The molecule has 0 unspecified atom stereocenters. The van der Waals surface area contributed by atoms with E-state index in [4.69, 9.17) is 11.6 Å². The van der Waals surface area contributed by atoms with Gasteiger partial charge in [-0.05, 0) is 50.6 Å². The first-order chi connectivity index (χ1) is 10.6. The van der Waals surface area contributed by atoms with Crippen LogP contribution in [0.3, 0.4) is 0 Å². The van der Waals surface area contributed by atoms with Gasteiger partial charge in [-0.3, -0.25) is 4.79 Å². The maximum atomic E-state index is 12.4. The van der Waals surface area contributed by atoms with Gasteiger partial charge in [0.25, 0.3) is 5.91 Å². The highest BCUT2D eigenvalue weighted by atomic mass is 35.5. The maximum Gasteiger partial charge on any atom is 0.255 e. The summed E-state index contributed by atoms with van der Waals surface area (Å²) in [5.41, 5.74) is 2.32. The summed E-state index contributed by atoms with van der Waals surface area (Å²) in [6, 6.07) is 7.58. The average Bonchev–Trinajstić information content (AvgIpc) is 2.91. The summed E-state index contributed by atoms with van der Waals surface area (Å²) in [4.78, 5) is 12.4. The molecule has 0 bridgehead atoms. The number of piperidine rings is 1. The Morgan fingerprint density at radius 3 is 2.86 bits per heavy atom. The number of halogens is 1. The molecule has 0 radical (unpaired) electrons. The molecular weight excluding hydrogens is 300 g/mol. The molecule has 3 rings (SSSR count). The molecular formula is C16H19ClN4O. The van der Waals surface area contributed by atoms with Crippen LogP contribution in [0.25, 0.3) is 5.69 Å². The van der Waals surface area contributed by atoms with Gasteiger partial charge in [-0.2, -0.15) is 5.10 Å². The summed E-state index contributed by atoms with van der Waals surface area (Å²) in [5, 5.41) is 11.4. The quantitative estimate of drug-likeness (QED) is 0.913. The van der Waals surface area contributed by atoms with Crippen molar-refractivity contribution < 1.29 is 4.79 Å². The highest BCUT2D eigenvalue weighted by Crippen LogP contribution is 2.17. The van der Waals surface area contributed by atoms with Crippen LogP contribution < -0.4 is 10.6 Å². The number of hydrogen-bond donors (Lipinski definition) is 2. The van der Waals surface area contributed by atoms with E-state index in [2.05, 4.69) is 15.7 Å². The Morgan fingerprint density at radius 1 is 1.41 bits per heavy atom. The molecule has 2 aromatic rings. The second kappa shape index (κ2) is 6.50. The van der Waals surface area contributed by atoms with E-state index in [0.717, 1.165) is 37.3 Å². The van der Waals surface area contributed by atoms with E-state index in [1.807, 2.05) is 31.2 Å². The minimum Gasteiger partial charge on any atom is -0.348 e. The number of rotatable bonds is 3. The Morgan fingerprint density at radius 2 is 2.18 bits per heavy atom. The lowest BCUT2D eigenvalue weighted by molar-refractivity contribution is 0.0930. The third-order valence-corrected chi connectivity index (χ3v) is 4.21. The van der Waals surface area contributed by atoms with Crippen molar-refractivity contribution in [3.63, 3.8) is 0 Å². The van der Waals surface area contributed by atoms with Crippen molar-refractivity contribution in [2.75, 3.05) is 13.1 Å². The van der Waals surface area contributed by atoms with Crippen molar-refractivity contribution in [3.05, 3.63) is 46.7 Å². The van der Waals surface area contributed by atoms with Crippen LogP contribution in [0.1, 0.15) is 28.9 Å². The first-order valence-electron chi connectivity index (χ1n) is 7.47. The molecule has 5 nitrogen and oxygen atoms in total. The highest BCUT2D eigenvalue weighted by Gasteiger charge is 2.20. The zero-order valence-corrected chi connectivity index (χ0v) is 13.2. The summed E-state index contributed by atoms with van der Waals surface area (Å²) >= 11 is 5.90. The monoisotopic (exact) mass is 318 g/mol. The second-order valence-corrected chi connectivity index (χ2v) is 5.99. The van der Waals surface area contributed by atoms with Gasteiger partial charge in [-0.1, -0.05) is 11.6 Å². The van der Waals surface area contributed by atoms with Gasteiger partial charge in [0.2, 0.25) is 0 Å². The molecule has 0 spiro atoms. The first kappa shape index (κ1) is 15.1. The number of amides is 1. The van der Waals surface area contributed by atoms with Crippen LogP contribution in [0.2, 0.25) is 5.02 Å². The van der Waals surface area contributed by atoms with Gasteiger partial charge in [-0.15, -0.1) is 0 Å². The zero-order valence-electron chi connectivity index (χ0n) is 12.5. The minimum atomic E-state index is -0.0635. The molecule has 2 heterocycles. The highest BCUT2D eigenvalue weighted by molar-refractivity contribution is 6.30. The SMILES string of the molecule is Cc1c(C(=O)N[C@H]2CCCNC2)cnn1-c1ccc(Cl)cc1. The Kier molecular flexibility index (Phi) is 4.45. The van der Waals surface area contributed by atoms with Crippen molar-refractivity contribution in [2.45, 2.75) is 25.8 Å². The Balaban J connectivity index is 1.77. The Labute approximate surface area is 134 Å². The predicted octanol–water partition coefficient (Wildman–Crippen LogP) is 2.32. The molecule has 2 N–H and O–H groups in total. The molecule has 1 aromatic heterocycles. The van der Waals surface area contributed by atoms with Gasteiger partial charge in [0.05, 0.1) is 23.1 Å². The third-order valence-electron chi connectivity index (χ3n) is 3.96. The molecule has 1 aliphatic heterocycles. The fourth-order valence-electron chi connectivity index (χ4n) is 2.71. The van der Waals surface area contributed by atoms with Crippen molar-refractivity contribution >= 4 is 17.5 Å². The summed E-state index contributed by atoms with van der Waals surface area (Å²) in [6.07, 6.45) is 3.73. The number of benzene rings is 1. The van der Waals surface area contributed by atoms with E-state index in [0.29, 0.717) is 10.6 Å². The van der Waals surface area contributed by atoms with Gasteiger partial charge >= 0.3 is 0 Å². The Bertz CT molecular complexity index is 659. The fraction of sp³-hybridized carbons (Fsp3) is 0.375. The first-order valence-corrected chi connectivity index (χ1v) is 7.85. The van der Waals surface area contributed by atoms with Crippen LogP contribution in [0, 0.1) is 6.92 Å². The lowest BCUT2D eigenvalue weighted by Crippen LogP contribution is -2.45. The summed E-state index contributed by atoms with van der Waals surface area (Å²) < 4.78 is 1.75. The summed E-state index contributed by atoms with van der Waals surface area (Å²) in [7, 11) is 0. The summed E-state index contributed by atoms with van der Waals surface area (Å²) in [6.45, 7) is 3.76. The van der Waals surface area contributed by atoms with E-state index < -0.39 is 0 Å². The smallest absolute Gasteiger partial charge is 0.255 e. The molecule has 1 fully saturated rings. The third kappa shape index (κ3) is 3.15. The van der Waals surface area contributed by atoms with Gasteiger partial charge < -0.3 is 10.6 Å². The molecule has 6 heteroatoms. The molecule has 1 amide bonds. The van der Waals surface area contributed by atoms with Gasteiger partial charge in [-0.25, -0.2) is 4.68 Å². The molecule has 0 saturated carbocycles. The van der Waals surface area contributed by atoms with Crippen LogP contribution in [-0.4, -0.2) is 34.8 Å².